The Balaban J connectivity index is 1.90. The summed E-state index contributed by atoms with van der Waals surface area (Å²) in [5.41, 5.74) is 5.40. The summed E-state index contributed by atoms with van der Waals surface area (Å²) in [4.78, 5) is 12.0. The van der Waals surface area contributed by atoms with Crippen LogP contribution in [0, 0.1) is 5.92 Å². The normalized spacial score (nSPS) is 17.4. The Morgan fingerprint density at radius 2 is 2.20 bits per heavy atom. The zero-order valence-corrected chi connectivity index (χ0v) is 12.8. The van der Waals surface area contributed by atoms with Gasteiger partial charge in [0, 0.05) is 17.6 Å². The van der Waals surface area contributed by atoms with Gasteiger partial charge in [0.15, 0.2) is 6.61 Å². The first kappa shape index (κ1) is 15.4. The lowest BCUT2D eigenvalue weighted by atomic mass is 9.96. The summed E-state index contributed by atoms with van der Waals surface area (Å²) < 4.78 is 5.40. The number of amides is 1. The summed E-state index contributed by atoms with van der Waals surface area (Å²) in [6, 6.07) is 4.88. The fraction of sp³-hybridized carbons (Fsp3) is 0.500. The molecule has 1 aliphatic carbocycles. The maximum absolute atomic E-state index is 12.0. The summed E-state index contributed by atoms with van der Waals surface area (Å²) >= 11 is 11.8. The summed E-state index contributed by atoms with van der Waals surface area (Å²) in [5.74, 6) is 0.655. The van der Waals surface area contributed by atoms with E-state index < -0.39 is 0 Å². The Morgan fingerprint density at radius 3 is 2.80 bits per heavy atom. The van der Waals surface area contributed by atoms with E-state index >= 15 is 0 Å². The molecule has 0 bridgehead atoms. The van der Waals surface area contributed by atoms with Crippen molar-refractivity contribution in [2.45, 2.75) is 25.3 Å². The second kappa shape index (κ2) is 6.20. The fourth-order valence-corrected chi connectivity index (χ4v) is 2.46. The number of benzene rings is 1. The minimum Gasteiger partial charge on any atom is -0.482 e. The van der Waals surface area contributed by atoms with Gasteiger partial charge < -0.3 is 15.8 Å². The van der Waals surface area contributed by atoms with Crippen molar-refractivity contribution < 1.29 is 9.53 Å². The van der Waals surface area contributed by atoms with E-state index in [1.165, 1.54) is 0 Å². The summed E-state index contributed by atoms with van der Waals surface area (Å²) in [6.45, 7) is 2.28. The lowest BCUT2D eigenvalue weighted by Crippen LogP contribution is -2.54. The molecule has 1 amide bonds. The van der Waals surface area contributed by atoms with Crippen LogP contribution in [0.4, 0.5) is 0 Å². The number of hydrogen-bond donors (Lipinski definition) is 2. The molecule has 1 aliphatic rings. The lowest BCUT2D eigenvalue weighted by Gasteiger charge is -2.29. The second-order valence-electron chi connectivity index (χ2n) is 5.31. The largest absolute Gasteiger partial charge is 0.482 e. The highest BCUT2D eigenvalue weighted by Crippen LogP contribution is 2.38. The van der Waals surface area contributed by atoms with Gasteiger partial charge in [0.05, 0.1) is 10.6 Å². The lowest BCUT2D eigenvalue weighted by molar-refractivity contribution is -0.125. The number of rotatable bonds is 6. The molecule has 0 radical (unpaired) electrons. The Morgan fingerprint density at radius 1 is 1.50 bits per heavy atom. The number of halogens is 2. The van der Waals surface area contributed by atoms with Crippen LogP contribution in [0.25, 0.3) is 0 Å². The molecule has 1 aromatic carbocycles. The van der Waals surface area contributed by atoms with Crippen molar-refractivity contribution in [3.63, 3.8) is 0 Å². The average Bonchev–Trinajstić information content (AvgIpc) is 3.24. The molecule has 1 saturated carbocycles. The van der Waals surface area contributed by atoms with Gasteiger partial charge in [-0.2, -0.15) is 0 Å². The molecular formula is C14H18Cl2N2O2. The Hall–Kier alpha value is -0.970. The van der Waals surface area contributed by atoms with Crippen LogP contribution in [0.2, 0.25) is 10.0 Å². The average molecular weight is 317 g/mol. The van der Waals surface area contributed by atoms with E-state index in [-0.39, 0.29) is 18.1 Å². The minimum atomic E-state index is -0.349. The van der Waals surface area contributed by atoms with Crippen molar-refractivity contribution in [2.75, 3.05) is 13.2 Å². The molecular weight excluding hydrogens is 299 g/mol. The predicted octanol–water partition coefficient (Wildman–Crippen LogP) is 2.62. The molecule has 1 fully saturated rings. The van der Waals surface area contributed by atoms with E-state index in [4.69, 9.17) is 33.7 Å². The zero-order valence-electron chi connectivity index (χ0n) is 11.3. The third kappa shape index (κ3) is 3.78. The summed E-state index contributed by atoms with van der Waals surface area (Å²) in [6.07, 6.45) is 2.21. The van der Waals surface area contributed by atoms with Crippen LogP contribution < -0.4 is 15.8 Å². The number of carbonyl (C=O) groups excluding carboxylic acids is 1. The first-order valence-corrected chi connectivity index (χ1v) is 7.29. The molecule has 0 saturated heterocycles. The van der Waals surface area contributed by atoms with E-state index in [2.05, 4.69) is 5.32 Å². The number of carbonyl (C=O) groups is 1. The smallest absolute Gasteiger partial charge is 0.258 e. The number of hydrogen-bond acceptors (Lipinski definition) is 3. The Kier molecular flexibility index (Phi) is 4.78. The van der Waals surface area contributed by atoms with Crippen LogP contribution in [-0.2, 0) is 4.79 Å². The van der Waals surface area contributed by atoms with Gasteiger partial charge in [0.1, 0.15) is 5.75 Å². The van der Waals surface area contributed by atoms with Crippen molar-refractivity contribution in [3.05, 3.63) is 28.2 Å². The molecule has 1 unspecified atom stereocenters. The van der Waals surface area contributed by atoms with Crippen molar-refractivity contribution in [1.29, 1.82) is 0 Å². The van der Waals surface area contributed by atoms with Crippen LogP contribution in [-0.4, -0.2) is 24.6 Å². The van der Waals surface area contributed by atoms with Gasteiger partial charge in [-0.3, -0.25) is 4.79 Å². The van der Waals surface area contributed by atoms with Crippen molar-refractivity contribution in [3.8, 4) is 5.75 Å². The predicted molar refractivity (Wildman–Crippen MR) is 80.3 cm³/mol. The summed E-state index contributed by atoms with van der Waals surface area (Å²) in [7, 11) is 0. The second-order valence-corrected chi connectivity index (χ2v) is 6.15. The standard InChI is InChI=1S/C14H18Cl2N2O2/c1-14(8-17,9-2-3-9)18-13(19)7-20-12-6-10(15)4-5-11(12)16/h4-6,9H,2-3,7-8,17H2,1H3,(H,18,19). The van der Waals surface area contributed by atoms with E-state index in [0.717, 1.165) is 12.8 Å². The Bertz CT molecular complexity index is 506. The van der Waals surface area contributed by atoms with Crippen LogP contribution in [0.15, 0.2) is 18.2 Å². The maximum atomic E-state index is 12.0. The molecule has 3 N–H and O–H groups in total. The van der Waals surface area contributed by atoms with Crippen LogP contribution in [0.3, 0.4) is 0 Å². The SMILES string of the molecule is CC(CN)(NC(=O)COc1cc(Cl)ccc1Cl)C1CC1. The van der Waals surface area contributed by atoms with Gasteiger partial charge in [0.2, 0.25) is 0 Å². The molecule has 20 heavy (non-hydrogen) atoms. The monoisotopic (exact) mass is 316 g/mol. The molecule has 0 spiro atoms. The molecule has 4 nitrogen and oxygen atoms in total. The van der Waals surface area contributed by atoms with Gasteiger partial charge >= 0.3 is 0 Å². The molecule has 1 atom stereocenters. The van der Waals surface area contributed by atoms with Gasteiger partial charge in [-0.25, -0.2) is 0 Å². The van der Waals surface area contributed by atoms with Crippen LogP contribution in [0.5, 0.6) is 5.75 Å². The van der Waals surface area contributed by atoms with Crippen LogP contribution >= 0.6 is 23.2 Å². The first-order valence-electron chi connectivity index (χ1n) is 6.53. The highest BCUT2D eigenvalue weighted by Gasteiger charge is 2.41. The molecule has 6 heteroatoms. The molecule has 110 valence electrons. The molecule has 0 heterocycles. The quantitative estimate of drug-likeness (QED) is 0.848. The highest BCUT2D eigenvalue weighted by molar-refractivity contribution is 6.34. The van der Waals surface area contributed by atoms with Gasteiger partial charge in [-0.15, -0.1) is 0 Å². The third-order valence-electron chi connectivity index (χ3n) is 3.58. The maximum Gasteiger partial charge on any atom is 0.258 e. The van der Waals surface area contributed by atoms with Crippen molar-refractivity contribution in [1.82, 2.24) is 5.32 Å². The third-order valence-corrected chi connectivity index (χ3v) is 4.13. The van der Waals surface area contributed by atoms with E-state index in [0.29, 0.717) is 28.3 Å². The Labute approximate surface area is 128 Å². The highest BCUT2D eigenvalue weighted by atomic mass is 35.5. The van der Waals surface area contributed by atoms with Gasteiger partial charge in [-0.05, 0) is 37.8 Å². The summed E-state index contributed by atoms with van der Waals surface area (Å²) in [5, 5.41) is 3.88. The minimum absolute atomic E-state index is 0.109. The van der Waals surface area contributed by atoms with E-state index in [9.17, 15) is 4.79 Å². The molecule has 0 aliphatic heterocycles. The van der Waals surface area contributed by atoms with Crippen molar-refractivity contribution in [2.24, 2.45) is 11.7 Å². The fourth-order valence-electron chi connectivity index (χ4n) is 2.13. The van der Waals surface area contributed by atoms with Crippen molar-refractivity contribution >= 4 is 29.1 Å². The van der Waals surface area contributed by atoms with Gasteiger partial charge in [-0.1, -0.05) is 23.2 Å². The van der Waals surface area contributed by atoms with E-state index in [1.807, 2.05) is 6.92 Å². The zero-order chi connectivity index (χ0) is 14.8. The van der Waals surface area contributed by atoms with Crippen LogP contribution in [0.1, 0.15) is 19.8 Å². The molecule has 2 rings (SSSR count). The van der Waals surface area contributed by atoms with Gasteiger partial charge in [0.25, 0.3) is 5.91 Å². The molecule has 1 aromatic rings. The molecule has 0 aromatic heterocycles. The first-order chi connectivity index (χ1) is 9.44. The topological polar surface area (TPSA) is 64.3 Å². The van der Waals surface area contributed by atoms with E-state index in [1.54, 1.807) is 18.2 Å². The number of nitrogens with one attached hydrogen (secondary N) is 1. The number of nitrogens with two attached hydrogens (primary N) is 1. The number of ether oxygens (including phenoxy) is 1.